The fraction of sp³-hybridized carbons (Fsp3) is 0.250. The van der Waals surface area contributed by atoms with Gasteiger partial charge < -0.3 is 10.1 Å². The van der Waals surface area contributed by atoms with Gasteiger partial charge in [-0.15, -0.1) is 11.3 Å². The van der Waals surface area contributed by atoms with Crippen molar-refractivity contribution < 1.29 is 22.7 Å². The number of esters is 1. The minimum absolute atomic E-state index is 0.133. The molecule has 172 valence electrons. The van der Waals surface area contributed by atoms with Crippen molar-refractivity contribution in [2.75, 3.05) is 23.8 Å². The van der Waals surface area contributed by atoms with Gasteiger partial charge in [-0.05, 0) is 56.0 Å². The topological polar surface area (TPSA) is 92.8 Å². The molecule has 0 saturated carbocycles. The second-order valence-corrected chi connectivity index (χ2v) is 10.9. The van der Waals surface area contributed by atoms with E-state index in [1.165, 1.54) is 25.5 Å². The van der Waals surface area contributed by atoms with Gasteiger partial charge in [-0.3, -0.25) is 9.10 Å². The van der Waals surface area contributed by atoms with Crippen LogP contribution in [0.1, 0.15) is 43.1 Å². The highest BCUT2D eigenvalue weighted by molar-refractivity contribution is 7.92. The Morgan fingerprint density at radius 3 is 2.45 bits per heavy atom. The molecule has 7 nitrogen and oxygen atoms in total. The first-order valence-corrected chi connectivity index (χ1v) is 12.7. The van der Waals surface area contributed by atoms with Crippen LogP contribution in [0, 0.1) is 6.92 Å². The van der Waals surface area contributed by atoms with Crippen LogP contribution in [0.4, 0.5) is 10.7 Å². The third-order valence-corrected chi connectivity index (χ3v) is 8.70. The van der Waals surface area contributed by atoms with Gasteiger partial charge in [0.1, 0.15) is 5.00 Å². The molecule has 33 heavy (non-hydrogen) atoms. The standard InChI is InChI=1S/C24H24N2O5S2/c1-15-11-13-16(14-12-15)33(29,30)26(2)19-9-5-4-7-17(19)22(27)25-23-21(24(28)31-3)18-8-6-10-20(18)32-23/h4-5,7,9,11-14H,6,8,10H2,1-3H3,(H,25,27). The molecule has 0 radical (unpaired) electrons. The lowest BCUT2D eigenvalue weighted by Gasteiger charge is -2.22. The number of amides is 1. The van der Waals surface area contributed by atoms with E-state index in [1.807, 2.05) is 6.92 Å². The van der Waals surface area contributed by atoms with Gasteiger partial charge >= 0.3 is 5.97 Å². The normalized spacial score (nSPS) is 12.8. The Morgan fingerprint density at radius 1 is 1.06 bits per heavy atom. The van der Waals surface area contributed by atoms with Crippen LogP contribution in [0.3, 0.4) is 0 Å². The summed E-state index contributed by atoms with van der Waals surface area (Å²) in [5.74, 6) is -0.987. The molecule has 0 atom stereocenters. The van der Waals surface area contributed by atoms with Gasteiger partial charge in [-0.25, -0.2) is 13.2 Å². The van der Waals surface area contributed by atoms with E-state index in [9.17, 15) is 18.0 Å². The predicted molar refractivity (Wildman–Crippen MR) is 129 cm³/mol. The predicted octanol–water partition coefficient (Wildman–Crippen LogP) is 4.41. The number of aryl methyl sites for hydroxylation is 2. The number of hydrogen-bond donors (Lipinski definition) is 1. The fourth-order valence-corrected chi connectivity index (χ4v) is 6.41. The highest BCUT2D eigenvalue weighted by Crippen LogP contribution is 2.40. The third-order valence-electron chi connectivity index (χ3n) is 5.71. The zero-order valence-corrected chi connectivity index (χ0v) is 20.2. The summed E-state index contributed by atoms with van der Waals surface area (Å²) in [5.41, 5.74) is 2.68. The van der Waals surface area contributed by atoms with Gasteiger partial charge in [-0.2, -0.15) is 0 Å². The molecule has 0 saturated heterocycles. The smallest absolute Gasteiger partial charge is 0.341 e. The molecule has 3 aromatic rings. The molecule has 0 aliphatic heterocycles. The van der Waals surface area contributed by atoms with Crippen LogP contribution in [0.2, 0.25) is 0 Å². The molecule has 1 aliphatic rings. The maximum atomic E-state index is 13.3. The number of sulfonamides is 1. The number of anilines is 2. The highest BCUT2D eigenvalue weighted by Gasteiger charge is 2.30. The number of ether oxygens (including phenoxy) is 1. The van der Waals surface area contributed by atoms with Crippen molar-refractivity contribution in [3.8, 4) is 0 Å². The number of thiophene rings is 1. The minimum atomic E-state index is -3.88. The number of methoxy groups -OCH3 is 1. The van der Waals surface area contributed by atoms with Crippen molar-refractivity contribution in [3.63, 3.8) is 0 Å². The number of fused-ring (bicyclic) bond motifs is 1. The SMILES string of the molecule is COC(=O)c1c(NC(=O)c2ccccc2N(C)S(=O)(=O)c2ccc(C)cc2)sc2c1CCC2. The van der Waals surface area contributed by atoms with Crippen LogP contribution in [0.5, 0.6) is 0 Å². The summed E-state index contributed by atoms with van der Waals surface area (Å²) in [6.45, 7) is 1.88. The van der Waals surface area contributed by atoms with Crippen LogP contribution in [0.15, 0.2) is 53.4 Å². The van der Waals surface area contributed by atoms with E-state index in [0.29, 0.717) is 10.6 Å². The Morgan fingerprint density at radius 2 is 1.76 bits per heavy atom. The zero-order valence-electron chi connectivity index (χ0n) is 18.5. The molecule has 4 rings (SSSR count). The molecule has 1 N–H and O–H groups in total. The molecule has 1 amide bonds. The van der Waals surface area contributed by atoms with Crippen molar-refractivity contribution in [2.45, 2.75) is 31.1 Å². The summed E-state index contributed by atoms with van der Waals surface area (Å²) in [5, 5.41) is 3.25. The lowest BCUT2D eigenvalue weighted by molar-refractivity contribution is 0.0601. The van der Waals surface area contributed by atoms with E-state index >= 15 is 0 Å². The average Bonchev–Trinajstić information content (AvgIpc) is 3.39. The lowest BCUT2D eigenvalue weighted by atomic mass is 10.1. The fourth-order valence-electron chi connectivity index (χ4n) is 3.92. The molecule has 1 aromatic heterocycles. The van der Waals surface area contributed by atoms with Crippen LogP contribution in [-0.4, -0.2) is 34.5 Å². The van der Waals surface area contributed by atoms with E-state index in [0.717, 1.165) is 39.6 Å². The summed E-state index contributed by atoms with van der Waals surface area (Å²) >= 11 is 1.37. The van der Waals surface area contributed by atoms with E-state index in [1.54, 1.807) is 48.5 Å². The van der Waals surface area contributed by atoms with Crippen LogP contribution < -0.4 is 9.62 Å². The maximum absolute atomic E-state index is 13.3. The molecular weight excluding hydrogens is 460 g/mol. The van der Waals surface area contributed by atoms with Crippen molar-refractivity contribution in [1.29, 1.82) is 0 Å². The number of carbonyl (C=O) groups excluding carboxylic acids is 2. The molecule has 0 unspecified atom stereocenters. The first kappa shape index (κ1) is 23.0. The van der Waals surface area contributed by atoms with E-state index in [4.69, 9.17) is 4.74 Å². The van der Waals surface area contributed by atoms with E-state index < -0.39 is 21.9 Å². The summed E-state index contributed by atoms with van der Waals surface area (Å²) in [4.78, 5) is 26.9. The van der Waals surface area contributed by atoms with Gasteiger partial charge in [0.15, 0.2) is 0 Å². The van der Waals surface area contributed by atoms with Gasteiger partial charge in [0, 0.05) is 11.9 Å². The third kappa shape index (κ3) is 4.26. The van der Waals surface area contributed by atoms with Crippen molar-refractivity contribution in [3.05, 3.63) is 75.7 Å². The number of hydrogen-bond acceptors (Lipinski definition) is 6. The van der Waals surface area contributed by atoms with Gasteiger partial charge in [0.25, 0.3) is 15.9 Å². The Labute approximate surface area is 197 Å². The number of benzene rings is 2. The van der Waals surface area contributed by atoms with Crippen molar-refractivity contribution in [2.24, 2.45) is 0 Å². The van der Waals surface area contributed by atoms with E-state index in [-0.39, 0.29) is 16.1 Å². The molecule has 1 heterocycles. The molecule has 0 spiro atoms. The largest absolute Gasteiger partial charge is 0.465 e. The monoisotopic (exact) mass is 484 g/mol. The lowest BCUT2D eigenvalue weighted by Crippen LogP contribution is -2.29. The summed E-state index contributed by atoms with van der Waals surface area (Å²) in [6, 6.07) is 13.0. The van der Waals surface area contributed by atoms with Gasteiger partial charge in [0.05, 0.1) is 28.8 Å². The molecule has 9 heteroatoms. The average molecular weight is 485 g/mol. The molecule has 0 fully saturated rings. The van der Waals surface area contributed by atoms with Crippen LogP contribution in [-0.2, 0) is 27.6 Å². The number of carbonyl (C=O) groups is 2. The second-order valence-electron chi connectivity index (χ2n) is 7.81. The molecule has 1 aliphatic carbocycles. The van der Waals surface area contributed by atoms with Crippen LogP contribution >= 0.6 is 11.3 Å². The highest BCUT2D eigenvalue weighted by atomic mass is 32.2. The van der Waals surface area contributed by atoms with Gasteiger partial charge in [0.2, 0.25) is 0 Å². The quantitative estimate of drug-likeness (QED) is 0.523. The summed E-state index contributed by atoms with van der Waals surface area (Å²) in [7, 11) is -1.15. The Hall–Kier alpha value is -3.17. The number of nitrogens with one attached hydrogen (secondary N) is 1. The minimum Gasteiger partial charge on any atom is -0.465 e. The first-order valence-electron chi connectivity index (χ1n) is 10.4. The van der Waals surface area contributed by atoms with Crippen molar-refractivity contribution >= 4 is 43.9 Å². The number of nitrogens with zero attached hydrogens (tertiary/aromatic N) is 1. The first-order chi connectivity index (χ1) is 15.7. The summed E-state index contributed by atoms with van der Waals surface area (Å²) < 4.78 is 32.4. The maximum Gasteiger partial charge on any atom is 0.341 e. The molecular formula is C24H24N2O5S2. The Balaban J connectivity index is 1.68. The molecule has 0 bridgehead atoms. The van der Waals surface area contributed by atoms with Gasteiger partial charge in [-0.1, -0.05) is 29.8 Å². The second kappa shape index (κ2) is 8.99. The number of rotatable bonds is 6. The van der Waals surface area contributed by atoms with Crippen molar-refractivity contribution in [1.82, 2.24) is 0 Å². The molecule has 2 aromatic carbocycles. The number of para-hydroxylation sites is 1. The van der Waals surface area contributed by atoms with Crippen LogP contribution in [0.25, 0.3) is 0 Å². The van der Waals surface area contributed by atoms with E-state index in [2.05, 4.69) is 5.32 Å². The summed E-state index contributed by atoms with van der Waals surface area (Å²) in [6.07, 6.45) is 2.58. The zero-order chi connectivity index (χ0) is 23.8. The Bertz CT molecular complexity index is 1330. The Kier molecular flexibility index (Phi) is 6.27.